The molecule has 0 radical (unpaired) electrons. The zero-order chi connectivity index (χ0) is 12.3. The van der Waals surface area contributed by atoms with Gasteiger partial charge >= 0.3 is 0 Å². The summed E-state index contributed by atoms with van der Waals surface area (Å²) in [6, 6.07) is 1.76. The standard InChI is InChI=1S/C10H16N4O2S/c11-8-9-2-3-12-10(13-9)14-4-1-6-17(15,16)7-5-14/h2-3H,1,4-8,11H2. The van der Waals surface area contributed by atoms with Crippen LogP contribution in [0.5, 0.6) is 0 Å². The lowest BCUT2D eigenvalue weighted by atomic mass is 10.4. The second-order valence-corrected chi connectivity index (χ2v) is 6.35. The number of sulfone groups is 1. The van der Waals surface area contributed by atoms with Gasteiger partial charge in [0.25, 0.3) is 0 Å². The minimum Gasteiger partial charge on any atom is -0.340 e. The van der Waals surface area contributed by atoms with Crippen molar-refractivity contribution in [3.63, 3.8) is 0 Å². The van der Waals surface area contributed by atoms with E-state index in [1.54, 1.807) is 12.3 Å². The van der Waals surface area contributed by atoms with Crippen LogP contribution in [0, 0.1) is 0 Å². The van der Waals surface area contributed by atoms with Gasteiger partial charge in [0.2, 0.25) is 5.95 Å². The molecule has 0 amide bonds. The highest BCUT2D eigenvalue weighted by Crippen LogP contribution is 2.12. The van der Waals surface area contributed by atoms with Gasteiger partial charge in [-0.25, -0.2) is 18.4 Å². The monoisotopic (exact) mass is 256 g/mol. The third-order valence-electron chi connectivity index (χ3n) is 2.75. The van der Waals surface area contributed by atoms with Crippen molar-refractivity contribution in [3.8, 4) is 0 Å². The first-order valence-electron chi connectivity index (χ1n) is 5.58. The van der Waals surface area contributed by atoms with Crippen LogP contribution in [0.4, 0.5) is 5.95 Å². The largest absolute Gasteiger partial charge is 0.340 e. The van der Waals surface area contributed by atoms with Crippen molar-refractivity contribution in [2.75, 3.05) is 29.5 Å². The summed E-state index contributed by atoms with van der Waals surface area (Å²) in [6.45, 7) is 1.49. The van der Waals surface area contributed by atoms with Gasteiger partial charge in [0.05, 0.1) is 17.2 Å². The van der Waals surface area contributed by atoms with Gasteiger partial charge in [0, 0.05) is 25.8 Å². The van der Waals surface area contributed by atoms with Gasteiger partial charge < -0.3 is 10.6 Å². The van der Waals surface area contributed by atoms with Crippen LogP contribution < -0.4 is 10.6 Å². The smallest absolute Gasteiger partial charge is 0.225 e. The van der Waals surface area contributed by atoms with Crippen LogP contribution in [0.25, 0.3) is 0 Å². The first-order valence-corrected chi connectivity index (χ1v) is 7.40. The molecule has 1 aromatic rings. The predicted octanol–water partition coefficient (Wildman–Crippen LogP) is -0.440. The van der Waals surface area contributed by atoms with Gasteiger partial charge in [-0.05, 0) is 12.5 Å². The number of hydrogen-bond acceptors (Lipinski definition) is 6. The van der Waals surface area contributed by atoms with E-state index in [2.05, 4.69) is 9.97 Å². The molecule has 0 saturated carbocycles. The highest BCUT2D eigenvalue weighted by molar-refractivity contribution is 7.91. The second kappa shape index (κ2) is 4.97. The molecule has 0 unspecified atom stereocenters. The molecule has 0 aromatic carbocycles. The molecule has 1 saturated heterocycles. The van der Waals surface area contributed by atoms with E-state index in [4.69, 9.17) is 5.73 Å². The van der Waals surface area contributed by atoms with Gasteiger partial charge in [0.1, 0.15) is 0 Å². The maximum Gasteiger partial charge on any atom is 0.225 e. The van der Waals surface area contributed by atoms with E-state index in [0.717, 1.165) is 5.69 Å². The normalized spacial score (nSPS) is 19.9. The molecule has 0 bridgehead atoms. The maximum absolute atomic E-state index is 11.5. The lowest BCUT2D eigenvalue weighted by molar-refractivity contribution is 0.597. The predicted molar refractivity (Wildman–Crippen MR) is 65.4 cm³/mol. The Morgan fingerprint density at radius 2 is 2.18 bits per heavy atom. The summed E-state index contributed by atoms with van der Waals surface area (Å²) in [5.41, 5.74) is 6.28. The highest BCUT2D eigenvalue weighted by atomic mass is 32.2. The molecule has 17 heavy (non-hydrogen) atoms. The van der Waals surface area contributed by atoms with Gasteiger partial charge in [-0.1, -0.05) is 0 Å². The van der Waals surface area contributed by atoms with Crippen LogP contribution in [0.1, 0.15) is 12.1 Å². The fourth-order valence-electron chi connectivity index (χ4n) is 1.79. The summed E-state index contributed by atoms with van der Waals surface area (Å²) >= 11 is 0. The van der Waals surface area contributed by atoms with Crippen LogP contribution >= 0.6 is 0 Å². The van der Waals surface area contributed by atoms with E-state index in [-0.39, 0.29) is 11.5 Å². The highest BCUT2D eigenvalue weighted by Gasteiger charge is 2.20. The number of nitrogens with zero attached hydrogens (tertiary/aromatic N) is 3. The summed E-state index contributed by atoms with van der Waals surface area (Å²) in [4.78, 5) is 10.4. The lowest BCUT2D eigenvalue weighted by Crippen LogP contribution is -2.28. The fraction of sp³-hybridized carbons (Fsp3) is 0.600. The third-order valence-corrected chi connectivity index (χ3v) is 4.46. The summed E-state index contributed by atoms with van der Waals surface area (Å²) < 4.78 is 23.0. The first-order chi connectivity index (χ1) is 8.11. The molecule has 2 rings (SSSR count). The van der Waals surface area contributed by atoms with Gasteiger partial charge in [0.15, 0.2) is 9.84 Å². The molecule has 2 N–H and O–H groups in total. The van der Waals surface area contributed by atoms with E-state index in [0.29, 0.717) is 32.0 Å². The molecule has 0 aliphatic carbocycles. The van der Waals surface area contributed by atoms with Gasteiger partial charge in [-0.3, -0.25) is 0 Å². The number of hydrogen-bond donors (Lipinski definition) is 1. The van der Waals surface area contributed by atoms with Crippen LogP contribution in [-0.2, 0) is 16.4 Å². The van der Waals surface area contributed by atoms with Crippen LogP contribution in [0.15, 0.2) is 12.3 Å². The second-order valence-electron chi connectivity index (χ2n) is 4.04. The van der Waals surface area contributed by atoms with Crippen molar-refractivity contribution in [2.24, 2.45) is 5.73 Å². The number of aromatic nitrogens is 2. The van der Waals surface area contributed by atoms with Crippen molar-refractivity contribution in [1.82, 2.24) is 9.97 Å². The minimum atomic E-state index is -2.90. The van der Waals surface area contributed by atoms with Gasteiger partial charge in [-0.15, -0.1) is 0 Å². The molecule has 7 heteroatoms. The molecular formula is C10H16N4O2S. The Morgan fingerprint density at radius 3 is 2.94 bits per heavy atom. The first kappa shape index (κ1) is 12.3. The van der Waals surface area contributed by atoms with Crippen molar-refractivity contribution in [1.29, 1.82) is 0 Å². The van der Waals surface area contributed by atoms with Gasteiger partial charge in [-0.2, -0.15) is 0 Å². The Labute approximate surface area is 101 Å². The molecule has 0 spiro atoms. The maximum atomic E-state index is 11.5. The number of anilines is 1. The SMILES string of the molecule is NCc1ccnc(N2CCCS(=O)(=O)CC2)n1. The fourth-order valence-corrected chi connectivity index (χ4v) is 3.06. The molecule has 2 heterocycles. The Morgan fingerprint density at radius 1 is 1.35 bits per heavy atom. The average molecular weight is 256 g/mol. The molecular weight excluding hydrogens is 240 g/mol. The van der Waals surface area contributed by atoms with E-state index < -0.39 is 9.84 Å². The summed E-state index contributed by atoms with van der Waals surface area (Å²) in [6.07, 6.45) is 2.28. The molecule has 1 aliphatic heterocycles. The summed E-state index contributed by atoms with van der Waals surface area (Å²) in [5.74, 6) is 0.994. The van der Waals surface area contributed by atoms with Crippen LogP contribution in [0.3, 0.4) is 0 Å². The van der Waals surface area contributed by atoms with Crippen molar-refractivity contribution < 1.29 is 8.42 Å². The molecule has 94 valence electrons. The van der Waals surface area contributed by atoms with Crippen molar-refractivity contribution >= 4 is 15.8 Å². The average Bonchev–Trinajstić information content (AvgIpc) is 2.50. The molecule has 1 fully saturated rings. The van der Waals surface area contributed by atoms with Crippen LogP contribution in [-0.4, -0.2) is 43.0 Å². The Balaban J connectivity index is 2.16. The molecule has 1 aromatic heterocycles. The molecule has 1 aliphatic rings. The van der Waals surface area contributed by atoms with Crippen molar-refractivity contribution in [2.45, 2.75) is 13.0 Å². The number of rotatable bonds is 2. The Hall–Kier alpha value is -1.21. The van der Waals surface area contributed by atoms with Crippen LogP contribution in [0.2, 0.25) is 0 Å². The zero-order valence-electron chi connectivity index (χ0n) is 9.54. The topological polar surface area (TPSA) is 89.2 Å². The van der Waals surface area contributed by atoms with Crippen molar-refractivity contribution in [3.05, 3.63) is 18.0 Å². The van der Waals surface area contributed by atoms with E-state index in [1.165, 1.54) is 0 Å². The zero-order valence-corrected chi connectivity index (χ0v) is 10.4. The van der Waals surface area contributed by atoms with E-state index in [9.17, 15) is 8.42 Å². The molecule has 0 atom stereocenters. The lowest BCUT2D eigenvalue weighted by Gasteiger charge is -2.19. The van der Waals surface area contributed by atoms with E-state index in [1.807, 2.05) is 4.90 Å². The number of nitrogens with two attached hydrogens (primary N) is 1. The molecule has 6 nitrogen and oxygen atoms in total. The third kappa shape index (κ3) is 3.13. The Kier molecular flexibility index (Phi) is 3.58. The quantitative estimate of drug-likeness (QED) is 0.771. The summed E-state index contributed by atoms with van der Waals surface area (Å²) in [5, 5.41) is 0. The van der Waals surface area contributed by atoms with E-state index >= 15 is 0 Å². The minimum absolute atomic E-state index is 0.170. The Bertz CT molecular complexity index is 489. The summed E-state index contributed by atoms with van der Waals surface area (Å²) in [7, 11) is -2.90.